The largest absolute Gasteiger partial charge is 0.473 e. The van der Waals surface area contributed by atoms with Crippen molar-refractivity contribution >= 4 is 52.4 Å². The second kappa shape index (κ2) is 13.3. The standard InChI is InChI=1S/C17H19ClFN3O2S.C2H2O4/c1-2-22(10-16(23)20-9-13-4-3-7-25-13)11-17(24)21-12-5-6-15(19)14(18)8-12;3-1(4)2(5)6/h3-8H,2,9-11H2,1H3,(H,20,23)(H,21,24);(H,3,4)(H,5,6). The highest BCUT2D eigenvalue weighted by molar-refractivity contribution is 7.09. The molecule has 0 saturated heterocycles. The van der Waals surface area contributed by atoms with Crippen molar-refractivity contribution in [3.8, 4) is 0 Å². The summed E-state index contributed by atoms with van der Waals surface area (Å²) in [5.41, 5.74) is 0.412. The Morgan fingerprint density at radius 1 is 1.10 bits per heavy atom. The van der Waals surface area contributed by atoms with Crippen LogP contribution in [0.2, 0.25) is 5.02 Å². The lowest BCUT2D eigenvalue weighted by Crippen LogP contribution is -2.40. The lowest BCUT2D eigenvalue weighted by molar-refractivity contribution is -0.159. The first kappa shape index (κ1) is 26.0. The van der Waals surface area contributed by atoms with Crippen molar-refractivity contribution in [3.63, 3.8) is 0 Å². The van der Waals surface area contributed by atoms with Crippen LogP contribution in [0.15, 0.2) is 35.7 Å². The third kappa shape index (κ3) is 10.5. The van der Waals surface area contributed by atoms with Crippen molar-refractivity contribution in [2.24, 2.45) is 0 Å². The number of amides is 2. The van der Waals surface area contributed by atoms with Crippen LogP contribution >= 0.6 is 22.9 Å². The van der Waals surface area contributed by atoms with E-state index in [-0.39, 0.29) is 29.9 Å². The van der Waals surface area contributed by atoms with Crippen LogP contribution in [-0.4, -0.2) is 58.5 Å². The number of rotatable bonds is 8. The fourth-order valence-corrected chi connectivity index (χ4v) is 2.94. The van der Waals surface area contributed by atoms with Gasteiger partial charge in [-0.2, -0.15) is 0 Å². The van der Waals surface area contributed by atoms with E-state index in [2.05, 4.69) is 10.6 Å². The predicted octanol–water partition coefficient (Wildman–Crippen LogP) is 2.27. The van der Waals surface area contributed by atoms with E-state index in [1.807, 2.05) is 24.4 Å². The zero-order valence-corrected chi connectivity index (χ0v) is 18.0. The average Bonchev–Trinajstić information content (AvgIpc) is 3.22. The van der Waals surface area contributed by atoms with Gasteiger partial charge >= 0.3 is 11.9 Å². The number of anilines is 1. The van der Waals surface area contributed by atoms with Gasteiger partial charge in [0.25, 0.3) is 0 Å². The summed E-state index contributed by atoms with van der Waals surface area (Å²) >= 11 is 7.26. The molecule has 0 bridgehead atoms. The van der Waals surface area contributed by atoms with Gasteiger partial charge < -0.3 is 20.8 Å². The van der Waals surface area contributed by atoms with Crippen molar-refractivity contribution in [2.75, 3.05) is 25.0 Å². The fraction of sp³-hybridized carbons (Fsp3) is 0.263. The Kier molecular flexibility index (Phi) is 11.2. The SMILES string of the molecule is CCN(CC(=O)NCc1cccs1)CC(=O)Nc1ccc(F)c(Cl)c1.O=C(O)C(=O)O. The minimum absolute atomic E-state index is 0.0535. The van der Waals surface area contributed by atoms with E-state index in [9.17, 15) is 14.0 Å². The number of halogens is 2. The van der Waals surface area contributed by atoms with Gasteiger partial charge in [0.15, 0.2) is 0 Å². The molecule has 2 amide bonds. The third-order valence-corrected chi connectivity index (χ3v) is 4.77. The topological polar surface area (TPSA) is 136 Å². The highest BCUT2D eigenvalue weighted by Crippen LogP contribution is 2.19. The number of carbonyl (C=O) groups excluding carboxylic acids is 2. The molecule has 2 aromatic rings. The predicted molar refractivity (Wildman–Crippen MR) is 114 cm³/mol. The molecule has 4 N–H and O–H groups in total. The highest BCUT2D eigenvalue weighted by Gasteiger charge is 2.14. The van der Waals surface area contributed by atoms with Crippen molar-refractivity contribution in [2.45, 2.75) is 13.5 Å². The number of aliphatic carboxylic acids is 2. The molecule has 168 valence electrons. The van der Waals surface area contributed by atoms with Crippen LogP contribution in [0.25, 0.3) is 0 Å². The quantitative estimate of drug-likeness (QED) is 0.432. The van der Waals surface area contributed by atoms with Crippen LogP contribution in [0.1, 0.15) is 11.8 Å². The molecule has 1 aromatic heterocycles. The summed E-state index contributed by atoms with van der Waals surface area (Å²) in [5.74, 6) is -4.63. The monoisotopic (exact) mass is 473 g/mol. The summed E-state index contributed by atoms with van der Waals surface area (Å²) in [6.07, 6.45) is 0. The van der Waals surface area contributed by atoms with Gasteiger partial charge in [-0.05, 0) is 36.2 Å². The zero-order valence-electron chi connectivity index (χ0n) is 16.4. The smallest absolute Gasteiger partial charge is 0.414 e. The Bertz CT molecular complexity index is 898. The Morgan fingerprint density at radius 2 is 1.74 bits per heavy atom. The molecular weight excluding hydrogens is 453 g/mol. The fourth-order valence-electron chi connectivity index (χ4n) is 2.11. The molecule has 1 heterocycles. The number of likely N-dealkylation sites (N-methyl/N-ethyl adjacent to an activating group) is 1. The van der Waals surface area contributed by atoms with Gasteiger partial charge in [0.2, 0.25) is 11.8 Å². The molecule has 0 spiro atoms. The minimum Gasteiger partial charge on any atom is -0.473 e. The molecule has 9 nitrogen and oxygen atoms in total. The Hall–Kier alpha value is -3.02. The second-order valence-electron chi connectivity index (χ2n) is 5.95. The van der Waals surface area contributed by atoms with E-state index in [1.165, 1.54) is 18.2 Å². The minimum atomic E-state index is -1.82. The van der Waals surface area contributed by atoms with E-state index in [4.69, 9.17) is 31.4 Å². The van der Waals surface area contributed by atoms with E-state index in [1.54, 1.807) is 16.2 Å². The van der Waals surface area contributed by atoms with Crippen molar-refractivity contribution in [1.82, 2.24) is 10.2 Å². The van der Waals surface area contributed by atoms with Crippen molar-refractivity contribution in [1.29, 1.82) is 0 Å². The van der Waals surface area contributed by atoms with Crippen molar-refractivity contribution in [3.05, 3.63) is 51.4 Å². The van der Waals surface area contributed by atoms with Crippen LogP contribution in [0.3, 0.4) is 0 Å². The van der Waals surface area contributed by atoms with Gasteiger partial charge in [-0.1, -0.05) is 24.6 Å². The average molecular weight is 474 g/mol. The first-order valence-electron chi connectivity index (χ1n) is 8.84. The number of thiophene rings is 1. The molecule has 0 fully saturated rings. The number of carboxylic acid groups (broad SMARTS) is 2. The molecule has 0 atom stereocenters. The number of hydrogen-bond acceptors (Lipinski definition) is 6. The molecule has 0 aliphatic heterocycles. The summed E-state index contributed by atoms with van der Waals surface area (Å²) in [6.45, 7) is 3.07. The van der Waals surface area contributed by atoms with E-state index in [0.717, 1.165) is 4.88 Å². The van der Waals surface area contributed by atoms with Crippen LogP contribution in [-0.2, 0) is 25.7 Å². The van der Waals surface area contributed by atoms with Crippen LogP contribution in [0.4, 0.5) is 10.1 Å². The Balaban J connectivity index is 0.000000703. The summed E-state index contributed by atoms with van der Waals surface area (Å²) in [5, 5.41) is 22.1. The number of benzene rings is 1. The molecule has 1 aromatic carbocycles. The molecule has 2 rings (SSSR count). The molecule has 0 radical (unpaired) electrons. The first-order valence-corrected chi connectivity index (χ1v) is 10.1. The summed E-state index contributed by atoms with van der Waals surface area (Å²) in [6, 6.07) is 7.84. The lowest BCUT2D eigenvalue weighted by Gasteiger charge is -2.19. The van der Waals surface area contributed by atoms with E-state index in [0.29, 0.717) is 18.8 Å². The van der Waals surface area contributed by atoms with Gasteiger partial charge in [0, 0.05) is 10.6 Å². The summed E-state index contributed by atoms with van der Waals surface area (Å²) in [7, 11) is 0. The van der Waals surface area contributed by atoms with Crippen LogP contribution in [0.5, 0.6) is 0 Å². The van der Waals surface area contributed by atoms with Gasteiger partial charge in [-0.15, -0.1) is 11.3 Å². The third-order valence-electron chi connectivity index (χ3n) is 3.61. The summed E-state index contributed by atoms with van der Waals surface area (Å²) < 4.78 is 13.1. The maximum atomic E-state index is 13.1. The second-order valence-corrected chi connectivity index (χ2v) is 7.39. The first-order chi connectivity index (χ1) is 14.6. The van der Waals surface area contributed by atoms with Gasteiger partial charge in [-0.25, -0.2) is 14.0 Å². The lowest BCUT2D eigenvalue weighted by atomic mass is 10.3. The van der Waals surface area contributed by atoms with E-state index < -0.39 is 17.8 Å². The molecule has 0 unspecified atom stereocenters. The molecule has 0 aliphatic carbocycles. The molecule has 12 heteroatoms. The number of hydrogen-bond donors (Lipinski definition) is 4. The molecule has 31 heavy (non-hydrogen) atoms. The maximum Gasteiger partial charge on any atom is 0.414 e. The zero-order chi connectivity index (χ0) is 23.4. The summed E-state index contributed by atoms with van der Waals surface area (Å²) in [4.78, 5) is 45.1. The van der Waals surface area contributed by atoms with Crippen LogP contribution in [0, 0.1) is 5.82 Å². The number of carboxylic acids is 2. The van der Waals surface area contributed by atoms with Crippen molar-refractivity contribution < 1.29 is 33.8 Å². The molecule has 0 saturated carbocycles. The molecular formula is C19H21ClFN3O6S. The van der Waals surface area contributed by atoms with Crippen LogP contribution < -0.4 is 10.6 Å². The van der Waals surface area contributed by atoms with E-state index >= 15 is 0 Å². The Morgan fingerprint density at radius 3 is 2.26 bits per heavy atom. The van der Waals surface area contributed by atoms with Gasteiger partial charge in [-0.3, -0.25) is 14.5 Å². The Labute approximate surface area is 186 Å². The molecule has 0 aliphatic rings. The van der Waals surface area contributed by atoms with Gasteiger partial charge in [0.1, 0.15) is 5.82 Å². The number of carbonyl (C=O) groups is 4. The van der Waals surface area contributed by atoms with Gasteiger partial charge in [0.05, 0.1) is 24.7 Å². The number of nitrogens with one attached hydrogen (secondary N) is 2. The highest BCUT2D eigenvalue weighted by atomic mass is 35.5. The normalized spacial score (nSPS) is 10.1. The number of nitrogens with zero attached hydrogens (tertiary/aromatic N) is 1. The maximum absolute atomic E-state index is 13.1.